The van der Waals surface area contributed by atoms with Crippen LogP contribution < -0.4 is 4.74 Å². The maximum Gasteiger partial charge on any atom is 0.303 e. The Morgan fingerprint density at radius 1 is 1.26 bits per heavy atom. The van der Waals surface area contributed by atoms with E-state index < -0.39 is 5.97 Å². The van der Waals surface area contributed by atoms with Crippen LogP contribution in [-0.2, 0) is 4.79 Å². The Kier molecular flexibility index (Phi) is 4.23. The summed E-state index contributed by atoms with van der Waals surface area (Å²) in [7, 11) is 1.63. The molecule has 0 bridgehead atoms. The molecule has 0 amide bonds. The second-order valence-electron chi connectivity index (χ2n) is 4.35. The van der Waals surface area contributed by atoms with Gasteiger partial charge in [0.1, 0.15) is 5.75 Å². The summed E-state index contributed by atoms with van der Waals surface area (Å²) in [4.78, 5) is 10.8. The summed E-state index contributed by atoms with van der Waals surface area (Å²) >= 11 is 0. The number of aliphatic carboxylic acids is 1. The predicted octanol–water partition coefficient (Wildman–Crippen LogP) is 2.95. The van der Waals surface area contributed by atoms with Gasteiger partial charge in [-0.2, -0.15) is 0 Å². The van der Waals surface area contributed by atoms with E-state index in [0.717, 1.165) is 11.3 Å². The molecule has 2 aromatic rings. The molecule has 0 aliphatic carbocycles. The van der Waals surface area contributed by atoms with Crippen LogP contribution in [-0.4, -0.2) is 22.8 Å². The molecule has 4 nitrogen and oxygen atoms in total. The molecule has 4 heteroatoms. The minimum absolute atomic E-state index is 0.0389. The molecular weight excluding hydrogens is 242 g/mol. The van der Waals surface area contributed by atoms with Crippen molar-refractivity contribution in [2.75, 3.05) is 7.11 Å². The molecule has 1 unspecified atom stereocenters. The van der Waals surface area contributed by atoms with Gasteiger partial charge in [-0.3, -0.25) is 4.79 Å². The molecule has 1 aromatic heterocycles. The predicted molar refractivity (Wildman–Crippen MR) is 72.4 cm³/mol. The van der Waals surface area contributed by atoms with Crippen molar-refractivity contribution in [3.63, 3.8) is 0 Å². The summed E-state index contributed by atoms with van der Waals surface area (Å²) in [6.07, 6.45) is 4.62. The van der Waals surface area contributed by atoms with Gasteiger partial charge >= 0.3 is 5.97 Å². The molecule has 0 saturated heterocycles. The number of rotatable bonds is 6. The van der Waals surface area contributed by atoms with Gasteiger partial charge < -0.3 is 14.4 Å². The molecule has 0 fully saturated rings. The first kappa shape index (κ1) is 13.2. The molecule has 1 heterocycles. The standard InChI is InChI=1S/C15H17NO3/c1-19-13-6-4-12(5-7-13)14(8-9-15(17)18)16-10-2-3-11-16/h2-7,10-11,14H,8-9H2,1H3,(H,17,18). The van der Waals surface area contributed by atoms with Crippen LogP contribution in [0.5, 0.6) is 5.75 Å². The second kappa shape index (κ2) is 6.09. The highest BCUT2D eigenvalue weighted by atomic mass is 16.5. The zero-order valence-electron chi connectivity index (χ0n) is 10.8. The molecule has 0 spiro atoms. The number of carboxylic acid groups (broad SMARTS) is 1. The molecule has 1 aromatic carbocycles. The number of hydrogen-bond acceptors (Lipinski definition) is 2. The number of aromatic nitrogens is 1. The first-order valence-corrected chi connectivity index (χ1v) is 6.19. The molecular formula is C15H17NO3. The van der Waals surface area contributed by atoms with E-state index >= 15 is 0 Å². The number of benzene rings is 1. The quantitative estimate of drug-likeness (QED) is 0.867. The zero-order chi connectivity index (χ0) is 13.7. The van der Waals surface area contributed by atoms with Gasteiger partial charge in [-0.15, -0.1) is 0 Å². The van der Waals surface area contributed by atoms with Crippen LogP contribution in [0.4, 0.5) is 0 Å². The van der Waals surface area contributed by atoms with E-state index in [1.54, 1.807) is 7.11 Å². The fourth-order valence-electron chi connectivity index (χ4n) is 2.13. The Hall–Kier alpha value is -2.23. The van der Waals surface area contributed by atoms with Crippen molar-refractivity contribution in [1.82, 2.24) is 4.57 Å². The van der Waals surface area contributed by atoms with E-state index in [9.17, 15) is 4.79 Å². The van der Waals surface area contributed by atoms with Gasteiger partial charge in [-0.05, 0) is 36.2 Å². The van der Waals surface area contributed by atoms with Gasteiger partial charge in [0.2, 0.25) is 0 Å². The van der Waals surface area contributed by atoms with Gasteiger partial charge in [0.15, 0.2) is 0 Å². The smallest absolute Gasteiger partial charge is 0.303 e. The molecule has 1 atom stereocenters. The van der Waals surface area contributed by atoms with Crippen LogP contribution in [0, 0.1) is 0 Å². The van der Waals surface area contributed by atoms with E-state index in [1.807, 2.05) is 53.4 Å². The van der Waals surface area contributed by atoms with Crippen molar-refractivity contribution < 1.29 is 14.6 Å². The molecule has 19 heavy (non-hydrogen) atoms. The summed E-state index contributed by atoms with van der Waals surface area (Å²) in [5.74, 6) is 0.0268. The lowest BCUT2D eigenvalue weighted by atomic mass is 10.0. The van der Waals surface area contributed by atoms with Crippen LogP contribution in [0.1, 0.15) is 24.4 Å². The highest BCUT2D eigenvalue weighted by molar-refractivity contribution is 5.66. The van der Waals surface area contributed by atoms with Crippen molar-refractivity contribution in [2.24, 2.45) is 0 Å². The van der Waals surface area contributed by atoms with E-state index in [-0.39, 0.29) is 12.5 Å². The summed E-state index contributed by atoms with van der Waals surface area (Å²) in [6.45, 7) is 0. The molecule has 0 saturated carbocycles. The number of hydrogen-bond donors (Lipinski definition) is 1. The van der Waals surface area contributed by atoms with Crippen molar-refractivity contribution >= 4 is 5.97 Å². The number of carboxylic acids is 1. The lowest BCUT2D eigenvalue weighted by molar-refractivity contribution is -0.137. The topological polar surface area (TPSA) is 51.5 Å². The van der Waals surface area contributed by atoms with Crippen molar-refractivity contribution in [2.45, 2.75) is 18.9 Å². The van der Waals surface area contributed by atoms with Crippen molar-refractivity contribution in [3.8, 4) is 5.75 Å². The number of nitrogens with zero attached hydrogens (tertiary/aromatic N) is 1. The van der Waals surface area contributed by atoms with Crippen molar-refractivity contribution in [1.29, 1.82) is 0 Å². The number of ether oxygens (including phenoxy) is 1. The maximum absolute atomic E-state index is 10.8. The molecule has 0 aliphatic rings. The first-order valence-electron chi connectivity index (χ1n) is 6.19. The van der Waals surface area contributed by atoms with E-state index in [0.29, 0.717) is 6.42 Å². The van der Waals surface area contributed by atoms with Gasteiger partial charge in [0.25, 0.3) is 0 Å². The number of carbonyl (C=O) groups is 1. The summed E-state index contributed by atoms with van der Waals surface area (Å²) < 4.78 is 7.17. The average Bonchev–Trinajstić information content (AvgIpc) is 2.93. The Morgan fingerprint density at radius 2 is 1.89 bits per heavy atom. The van der Waals surface area contributed by atoms with Crippen LogP contribution >= 0.6 is 0 Å². The third kappa shape index (κ3) is 3.37. The van der Waals surface area contributed by atoms with E-state index in [1.165, 1.54) is 0 Å². The Bertz CT molecular complexity index is 517. The molecule has 1 N–H and O–H groups in total. The molecule has 0 aliphatic heterocycles. The third-order valence-electron chi connectivity index (χ3n) is 3.12. The minimum atomic E-state index is -0.773. The normalized spacial score (nSPS) is 12.1. The molecule has 100 valence electrons. The van der Waals surface area contributed by atoms with E-state index in [2.05, 4.69) is 0 Å². The fraction of sp³-hybridized carbons (Fsp3) is 0.267. The first-order chi connectivity index (χ1) is 9.20. The highest BCUT2D eigenvalue weighted by Gasteiger charge is 2.14. The SMILES string of the molecule is COc1ccc(C(CCC(=O)O)n2cccc2)cc1. The highest BCUT2D eigenvalue weighted by Crippen LogP contribution is 2.25. The Balaban J connectivity index is 2.23. The fourth-order valence-corrected chi connectivity index (χ4v) is 2.13. The van der Waals surface area contributed by atoms with Crippen LogP contribution in [0.3, 0.4) is 0 Å². The zero-order valence-corrected chi connectivity index (χ0v) is 10.8. The van der Waals surface area contributed by atoms with Crippen molar-refractivity contribution in [3.05, 3.63) is 54.4 Å². The Labute approximate surface area is 112 Å². The summed E-state index contributed by atoms with van der Waals surface area (Å²) in [6, 6.07) is 11.7. The lowest BCUT2D eigenvalue weighted by Gasteiger charge is -2.19. The summed E-state index contributed by atoms with van der Waals surface area (Å²) in [5.41, 5.74) is 1.08. The van der Waals surface area contributed by atoms with Gasteiger partial charge in [-0.1, -0.05) is 12.1 Å². The largest absolute Gasteiger partial charge is 0.497 e. The monoisotopic (exact) mass is 259 g/mol. The third-order valence-corrected chi connectivity index (χ3v) is 3.12. The van der Waals surface area contributed by atoms with Gasteiger partial charge in [0.05, 0.1) is 13.2 Å². The van der Waals surface area contributed by atoms with Crippen LogP contribution in [0.15, 0.2) is 48.8 Å². The lowest BCUT2D eigenvalue weighted by Crippen LogP contribution is -2.11. The van der Waals surface area contributed by atoms with Gasteiger partial charge in [-0.25, -0.2) is 0 Å². The summed E-state index contributed by atoms with van der Waals surface area (Å²) in [5, 5.41) is 8.86. The van der Waals surface area contributed by atoms with Gasteiger partial charge in [0, 0.05) is 18.8 Å². The van der Waals surface area contributed by atoms with Crippen LogP contribution in [0.25, 0.3) is 0 Å². The van der Waals surface area contributed by atoms with E-state index in [4.69, 9.17) is 9.84 Å². The van der Waals surface area contributed by atoms with Crippen LogP contribution in [0.2, 0.25) is 0 Å². The molecule has 0 radical (unpaired) electrons. The maximum atomic E-state index is 10.8. The second-order valence-corrected chi connectivity index (χ2v) is 4.35. The minimum Gasteiger partial charge on any atom is -0.497 e. The Morgan fingerprint density at radius 3 is 2.42 bits per heavy atom. The average molecular weight is 259 g/mol. The molecule has 2 rings (SSSR count). The number of methoxy groups -OCH3 is 1.